The number of thioether (sulfide) groups is 1. The van der Waals surface area contributed by atoms with E-state index in [2.05, 4.69) is 10.2 Å². The van der Waals surface area contributed by atoms with Crippen molar-refractivity contribution in [1.82, 2.24) is 10.2 Å². The minimum atomic E-state index is -0.430. The maximum Gasteiger partial charge on any atom is 0.277 e. The molecule has 8 heteroatoms. The summed E-state index contributed by atoms with van der Waals surface area (Å²) in [6.07, 6.45) is -0.430. The van der Waals surface area contributed by atoms with E-state index < -0.39 is 6.10 Å². The van der Waals surface area contributed by atoms with Crippen molar-refractivity contribution in [2.24, 2.45) is 0 Å². The Morgan fingerprint density at radius 1 is 1.00 bits per heavy atom. The Kier molecular flexibility index (Phi) is 4.74. The summed E-state index contributed by atoms with van der Waals surface area (Å²) in [5.41, 5.74) is 0.835. The van der Waals surface area contributed by atoms with Gasteiger partial charge < -0.3 is 13.9 Å². The molecule has 0 bridgehead atoms. The molecule has 0 N–H and O–H groups in total. The summed E-state index contributed by atoms with van der Waals surface area (Å²) >= 11 is 13.7. The lowest BCUT2D eigenvalue weighted by molar-refractivity contribution is 0.0686. The zero-order chi connectivity index (χ0) is 17.2. The Balaban J connectivity index is 1.44. The topological polar surface area (TPSA) is 57.4 Å². The molecule has 1 aliphatic rings. The number of hydrogen-bond acceptors (Lipinski definition) is 6. The molecule has 25 heavy (non-hydrogen) atoms. The molecule has 2 heterocycles. The van der Waals surface area contributed by atoms with Crippen LogP contribution < -0.4 is 9.47 Å². The summed E-state index contributed by atoms with van der Waals surface area (Å²) in [7, 11) is 0. The number of rotatable bonds is 4. The lowest BCUT2D eigenvalue weighted by Gasteiger charge is -2.23. The van der Waals surface area contributed by atoms with Gasteiger partial charge in [0.15, 0.2) is 11.5 Å². The Morgan fingerprint density at radius 2 is 1.76 bits per heavy atom. The first-order valence-corrected chi connectivity index (χ1v) is 9.22. The fraction of sp³-hybridized carbons (Fsp3) is 0.176. The third-order valence-electron chi connectivity index (χ3n) is 3.61. The smallest absolute Gasteiger partial charge is 0.277 e. The first-order valence-electron chi connectivity index (χ1n) is 7.48. The number of hydrogen-bond donors (Lipinski definition) is 0. The average molecular weight is 395 g/mol. The number of fused-ring (bicyclic) bond motifs is 1. The number of ether oxygens (including phenoxy) is 2. The van der Waals surface area contributed by atoms with E-state index >= 15 is 0 Å². The molecule has 1 aromatic heterocycles. The summed E-state index contributed by atoms with van der Waals surface area (Å²) in [6.45, 7) is 0.319. The van der Waals surface area contributed by atoms with Crippen molar-refractivity contribution in [3.63, 3.8) is 0 Å². The second-order valence-corrected chi connectivity index (χ2v) is 7.00. The zero-order valence-corrected chi connectivity index (χ0v) is 15.1. The van der Waals surface area contributed by atoms with Crippen LogP contribution >= 0.6 is 35.0 Å². The zero-order valence-electron chi connectivity index (χ0n) is 12.8. The number of benzene rings is 2. The summed E-state index contributed by atoms with van der Waals surface area (Å²) in [6, 6.07) is 12.9. The molecule has 0 spiro atoms. The van der Waals surface area contributed by atoms with E-state index in [9.17, 15) is 0 Å². The molecule has 3 aromatic rings. The van der Waals surface area contributed by atoms with Crippen molar-refractivity contribution < 1.29 is 13.9 Å². The molecular formula is C17H12Cl2N2O3S. The Bertz CT molecular complexity index is 883. The van der Waals surface area contributed by atoms with Gasteiger partial charge in [-0.1, -0.05) is 53.2 Å². The van der Waals surface area contributed by atoms with Crippen LogP contribution in [-0.2, 0) is 5.75 Å². The van der Waals surface area contributed by atoms with Crippen molar-refractivity contribution in [3.05, 3.63) is 64.0 Å². The lowest BCUT2D eigenvalue weighted by atomic mass is 10.2. The van der Waals surface area contributed by atoms with Gasteiger partial charge in [-0.25, -0.2) is 0 Å². The molecule has 2 aromatic carbocycles. The maximum absolute atomic E-state index is 6.17. The largest absolute Gasteiger partial charge is 0.485 e. The second-order valence-electron chi connectivity index (χ2n) is 5.26. The molecule has 128 valence electrons. The minimum Gasteiger partial charge on any atom is -0.485 e. The van der Waals surface area contributed by atoms with Gasteiger partial charge in [0, 0.05) is 15.8 Å². The lowest BCUT2D eigenvalue weighted by Crippen LogP contribution is -2.21. The molecule has 0 unspecified atom stereocenters. The van der Waals surface area contributed by atoms with Crippen LogP contribution in [0.25, 0.3) is 0 Å². The fourth-order valence-electron chi connectivity index (χ4n) is 2.35. The Labute approximate surface area is 158 Å². The van der Waals surface area contributed by atoms with Crippen LogP contribution in [0.2, 0.25) is 10.0 Å². The fourth-order valence-corrected chi connectivity index (χ4v) is 3.87. The van der Waals surface area contributed by atoms with Crippen LogP contribution in [0.1, 0.15) is 17.6 Å². The highest BCUT2D eigenvalue weighted by atomic mass is 35.5. The van der Waals surface area contributed by atoms with Crippen LogP contribution in [0, 0.1) is 0 Å². The second kappa shape index (κ2) is 7.15. The molecule has 0 saturated heterocycles. The van der Waals surface area contributed by atoms with Crippen LogP contribution in [0.5, 0.6) is 11.5 Å². The molecular weight excluding hydrogens is 383 g/mol. The van der Waals surface area contributed by atoms with Gasteiger partial charge in [0.1, 0.15) is 6.61 Å². The summed E-state index contributed by atoms with van der Waals surface area (Å²) in [5, 5.41) is 9.76. The third kappa shape index (κ3) is 3.56. The van der Waals surface area contributed by atoms with E-state index in [0.717, 1.165) is 5.56 Å². The van der Waals surface area contributed by atoms with Gasteiger partial charge in [0.05, 0.1) is 0 Å². The molecule has 0 radical (unpaired) electrons. The van der Waals surface area contributed by atoms with Crippen molar-refractivity contribution >= 4 is 35.0 Å². The predicted molar refractivity (Wildman–Crippen MR) is 95.6 cm³/mol. The quantitative estimate of drug-likeness (QED) is 0.568. The van der Waals surface area contributed by atoms with Crippen molar-refractivity contribution in [3.8, 4) is 11.5 Å². The number of aromatic nitrogens is 2. The normalized spacial score (nSPS) is 16.0. The van der Waals surface area contributed by atoms with Crippen LogP contribution in [0.3, 0.4) is 0 Å². The van der Waals surface area contributed by atoms with E-state index in [1.54, 1.807) is 12.1 Å². The Morgan fingerprint density at radius 3 is 2.56 bits per heavy atom. The highest BCUT2D eigenvalue weighted by molar-refractivity contribution is 7.98. The SMILES string of the molecule is Clc1cccc(Cl)c1CSc1nnc([C@H]2COc3ccccc3O2)o1. The van der Waals surface area contributed by atoms with Crippen LogP contribution in [0.4, 0.5) is 0 Å². The monoisotopic (exact) mass is 394 g/mol. The molecule has 0 saturated carbocycles. The highest BCUT2D eigenvalue weighted by Crippen LogP contribution is 2.36. The van der Waals surface area contributed by atoms with E-state index in [-0.39, 0.29) is 0 Å². The van der Waals surface area contributed by atoms with E-state index in [1.807, 2.05) is 30.3 Å². The molecule has 1 atom stereocenters. The highest BCUT2D eigenvalue weighted by Gasteiger charge is 2.27. The molecule has 5 nitrogen and oxygen atoms in total. The van der Waals surface area contributed by atoms with Crippen LogP contribution in [0.15, 0.2) is 52.1 Å². The number of halogens is 2. The Hall–Kier alpha value is -1.89. The average Bonchev–Trinajstić information content (AvgIpc) is 3.10. The summed E-state index contributed by atoms with van der Waals surface area (Å²) in [4.78, 5) is 0. The van der Waals surface area contributed by atoms with Crippen LogP contribution in [-0.4, -0.2) is 16.8 Å². The van der Waals surface area contributed by atoms with Gasteiger partial charge in [-0.05, 0) is 29.8 Å². The van der Waals surface area contributed by atoms with Gasteiger partial charge in [-0.2, -0.15) is 0 Å². The van der Waals surface area contributed by atoms with Gasteiger partial charge >= 0.3 is 0 Å². The van der Waals surface area contributed by atoms with E-state index in [1.165, 1.54) is 11.8 Å². The summed E-state index contributed by atoms with van der Waals surface area (Å²) in [5.74, 6) is 2.28. The molecule has 0 aliphatic carbocycles. The van der Waals surface area contributed by atoms with Crippen molar-refractivity contribution in [2.45, 2.75) is 17.1 Å². The van der Waals surface area contributed by atoms with Gasteiger partial charge in [-0.15, -0.1) is 10.2 Å². The van der Waals surface area contributed by atoms with E-state index in [0.29, 0.717) is 45.0 Å². The maximum atomic E-state index is 6.17. The first-order chi connectivity index (χ1) is 12.2. The molecule has 0 amide bonds. The number of para-hydroxylation sites is 2. The summed E-state index contributed by atoms with van der Waals surface area (Å²) < 4.78 is 17.2. The standard InChI is InChI=1S/C17H12Cl2N2O3S/c18-11-4-3-5-12(19)10(11)9-25-17-21-20-16(24-17)15-8-22-13-6-1-2-7-14(13)23-15/h1-7,15H,8-9H2/t15-/m1/s1. The first kappa shape index (κ1) is 16.6. The molecule has 1 aliphatic heterocycles. The van der Waals surface area contributed by atoms with Gasteiger partial charge in [0.2, 0.25) is 6.10 Å². The molecule has 4 rings (SSSR count). The van der Waals surface area contributed by atoms with Crippen molar-refractivity contribution in [2.75, 3.05) is 6.61 Å². The minimum absolute atomic E-state index is 0.319. The number of nitrogens with zero attached hydrogens (tertiary/aromatic N) is 2. The third-order valence-corrected chi connectivity index (χ3v) is 5.16. The van der Waals surface area contributed by atoms with Gasteiger partial charge in [0.25, 0.3) is 11.1 Å². The van der Waals surface area contributed by atoms with Crippen molar-refractivity contribution in [1.29, 1.82) is 0 Å². The predicted octanol–water partition coefficient (Wildman–Crippen LogP) is 5.18. The van der Waals surface area contributed by atoms with Gasteiger partial charge in [-0.3, -0.25) is 0 Å². The molecule has 0 fully saturated rings. The van der Waals surface area contributed by atoms with E-state index in [4.69, 9.17) is 37.1 Å².